The van der Waals surface area contributed by atoms with E-state index in [1.807, 2.05) is 6.07 Å². The maximum atomic E-state index is 5.54. The van der Waals surface area contributed by atoms with E-state index in [1.165, 1.54) is 24.0 Å². The summed E-state index contributed by atoms with van der Waals surface area (Å²) >= 11 is 7.41. The van der Waals surface area contributed by atoms with Gasteiger partial charge >= 0.3 is 0 Å². The van der Waals surface area contributed by atoms with E-state index in [9.17, 15) is 0 Å². The monoisotopic (exact) mass is 362 g/mol. The minimum Gasteiger partial charge on any atom is -0.493 e. The summed E-state index contributed by atoms with van der Waals surface area (Å²) < 4.78 is 12.1. The number of alkyl halides is 1. The number of halogens is 2. The van der Waals surface area contributed by atoms with Crippen molar-refractivity contribution < 1.29 is 9.47 Å². The predicted octanol–water partition coefficient (Wildman–Crippen LogP) is 4.63. The lowest BCUT2D eigenvalue weighted by molar-refractivity contribution is 0.351. The highest BCUT2D eigenvalue weighted by atomic mass is 79.9. The molecule has 2 nitrogen and oxygen atoms in total. The Morgan fingerprint density at radius 1 is 1.24 bits per heavy atom. The van der Waals surface area contributed by atoms with E-state index in [1.54, 1.807) is 14.2 Å². The molecule has 0 saturated heterocycles. The molecule has 0 N–H and O–H groups in total. The van der Waals surface area contributed by atoms with Crippen molar-refractivity contribution in [3.8, 4) is 11.5 Å². The summed E-state index contributed by atoms with van der Waals surface area (Å²) in [7, 11) is 3.38. The Kier molecular flexibility index (Phi) is 4.36. The van der Waals surface area contributed by atoms with Crippen molar-refractivity contribution in [1.82, 2.24) is 0 Å². The summed E-state index contributed by atoms with van der Waals surface area (Å²) in [4.78, 5) is 0.348. The zero-order chi connectivity index (χ0) is 12.4. The van der Waals surface area contributed by atoms with Crippen LogP contribution in [0, 0.1) is 0 Å². The van der Waals surface area contributed by atoms with Crippen LogP contribution in [0.15, 0.2) is 10.5 Å². The topological polar surface area (TPSA) is 18.5 Å². The lowest BCUT2D eigenvalue weighted by atomic mass is 10.0. The molecule has 0 bridgehead atoms. The third-order valence-corrected chi connectivity index (χ3v) is 4.83. The van der Waals surface area contributed by atoms with Crippen LogP contribution in [-0.4, -0.2) is 14.2 Å². The average Bonchev–Trinajstić information content (AvgIpc) is 2.52. The highest BCUT2D eigenvalue weighted by molar-refractivity contribution is 9.10. The second-order valence-electron chi connectivity index (χ2n) is 4.20. The van der Waals surface area contributed by atoms with Gasteiger partial charge in [0.15, 0.2) is 11.5 Å². The molecule has 1 aromatic rings. The first kappa shape index (κ1) is 13.2. The number of ether oxygens (including phenoxy) is 2. The van der Waals surface area contributed by atoms with Crippen LogP contribution in [0.4, 0.5) is 0 Å². The minimum absolute atomic E-state index is 0.348. The first-order valence-corrected chi connectivity index (χ1v) is 7.47. The molecule has 0 aliphatic heterocycles. The molecule has 0 fully saturated rings. The van der Waals surface area contributed by atoms with Gasteiger partial charge in [0, 0.05) is 14.9 Å². The smallest absolute Gasteiger partial charge is 0.165 e. The van der Waals surface area contributed by atoms with Gasteiger partial charge in [0.2, 0.25) is 0 Å². The SMILES string of the molecule is COc1cc(Br)c2c(c1OC)C(Br)CCCC2. The quantitative estimate of drug-likeness (QED) is 0.563. The molecule has 0 aromatic heterocycles. The van der Waals surface area contributed by atoms with Crippen molar-refractivity contribution >= 4 is 31.9 Å². The van der Waals surface area contributed by atoms with Crippen molar-refractivity contribution in [3.05, 3.63) is 21.7 Å². The van der Waals surface area contributed by atoms with Crippen LogP contribution in [0.2, 0.25) is 0 Å². The van der Waals surface area contributed by atoms with Gasteiger partial charge in [0.25, 0.3) is 0 Å². The zero-order valence-corrected chi connectivity index (χ0v) is 13.2. The second-order valence-corrected chi connectivity index (χ2v) is 6.16. The van der Waals surface area contributed by atoms with Crippen LogP contribution in [-0.2, 0) is 6.42 Å². The van der Waals surface area contributed by atoms with Gasteiger partial charge in [0.1, 0.15) is 0 Å². The standard InChI is InChI=1S/C13H16Br2O2/c1-16-11-7-10(15)8-5-3-4-6-9(14)12(8)13(11)17-2/h7,9H,3-6H2,1-2H3. The molecule has 0 spiro atoms. The third-order valence-electron chi connectivity index (χ3n) is 3.21. The summed E-state index contributed by atoms with van der Waals surface area (Å²) in [6, 6.07) is 2.00. The van der Waals surface area contributed by atoms with Crippen LogP contribution in [0.3, 0.4) is 0 Å². The molecule has 0 amide bonds. The van der Waals surface area contributed by atoms with Crippen LogP contribution < -0.4 is 9.47 Å². The summed E-state index contributed by atoms with van der Waals surface area (Å²) in [6.07, 6.45) is 4.70. The Balaban J connectivity index is 2.64. The molecule has 1 unspecified atom stereocenters. The number of methoxy groups -OCH3 is 2. The van der Waals surface area contributed by atoms with E-state index in [0.717, 1.165) is 28.8 Å². The molecule has 94 valence electrons. The fraction of sp³-hybridized carbons (Fsp3) is 0.538. The Morgan fingerprint density at radius 3 is 2.65 bits per heavy atom. The molecule has 2 rings (SSSR count). The predicted molar refractivity (Wildman–Crippen MR) is 76.5 cm³/mol. The third kappa shape index (κ3) is 2.48. The molecule has 0 radical (unpaired) electrons. The molecule has 17 heavy (non-hydrogen) atoms. The molecular formula is C13H16Br2O2. The largest absolute Gasteiger partial charge is 0.493 e. The number of fused-ring (bicyclic) bond motifs is 1. The Hall–Kier alpha value is -0.220. The van der Waals surface area contributed by atoms with Gasteiger partial charge in [-0.25, -0.2) is 0 Å². The maximum absolute atomic E-state index is 5.54. The molecule has 0 heterocycles. The first-order chi connectivity index (χ1) is 8.19. The summed E-state index contributed by atoms with van der Waals surface area (Å²) in [6.45, 7) is 0. The number of hydrogen-bond donors (Lipinski definition) is 0. The maximum Gasteiger partial charge on any atom is 0.165 e. The van der Waals surface area contributed by atoms with Crippen LogP contribution in [0.5, 0.6) is 11.5 Å². The normalized spacial score (nSPS) is 19.4. The fourth-order valence-corrected chi connectivity index (χ4v) is 3.81. The summed E-state index contributed by atoms with van der Waals surface area (Å²) in [5.74, 6) is 1.67. The van der Waals surface area contributed by atoms with Gasteiger partial charge in [-0.05, 0) is 30.9 Å². The van der Waals surface area contributed by atoms with Crippen molar-refractivity contribution in [2.75, 3.05) is 14.2 Å². The van der Waals surface area contributed by atoms with E-state index in [4.69, 9.17) is 9.47 Å². The number of rotatable bonds is 2. The molecule has 1 aliphatic carbocycles. The molecule has 1 aromatic carbocycles. The van der Waals surface area contributed by atoms with E-state index in [2.05, 4.69) is 31.9 Å². The molecule has 1 atom stereocenters. The van der Waals surface area contributed by atoms with Gasteiger partial charge < -0.3 is 9.47 Å². The molecule has 0 saturated carbocycles. The van der Waals surface area contributed by atoms with Crippen LogP contribution in [0.1, 0.15) is 35.2 Å². The van der Waals surface area contributed by atoms with E-state index >= 15 is 0 Å². The summed E-state index contributed by atoms with van der Waals surface area (Å²) in [5, 5.41) is 0. The van der Waals surface area contributed by atoms with Gasteiger partial charge in [0.05, 0.1) is 14.2 Å². The van der Waals surface area contributed by atoms with Crippen LogP contribution in [0.25, 0.3) is 0 Å². The average molecular weight is 364 g/mol. The molecular weight excluding hydrogens is 348 g/mol. The summed E-state index contributed by atoms with van der Waals surface area (Å²) in [5.41, 5.74) is 2.60. The number of benzene rings is 1. The fourth-order valence-electron chi connectivity index (χ4n) is 2.38. The lowest BCUT2D eigenvalue weighted by Gasteiger charge is -2.19. The van der Waals surface area contributed by atoms with Crippen molar-refractivity contribution in [3.63, 3.8) is 0 Å². The lowest BCUT2D eigenvalue weighted by Crippen LogP contribution is -2.02. The van der Waals surface area contributed by atoms with Gasteiger partial charge in [-0.15, -0.1) is 0 Å². The van der Waals surface area contributed by atoms with Gasteiger partial charge in [-0.1, -0.05) is 38.3 Å². The second kappa shape index (κ2) is 5.61. The Morgan fingerprint density at radius 2 is 2.00 bits per heavy atom. The van der Waals surface area contributed by atoms with Crippen molar-refractivity contribution in [1.29, 1.82) is 0 Å². The van der Waals surface area contributed by atoms with Gasteiger partial charge in [-0.3, -0.25) is 0 Å². The van der Waals surface area contributed by atoms with E-state index < -0.39 is 0 Å². The van der Waals surface area contributed by atoms with Crippen molar-refractivity contribution in [2.24, 2.45) is 0 Å². The van der Waals surface area contributed by atoms with Gasteiger partial charge in [-0.2, -0.15) is 0 Å². The van der Waals surface area contributed by atoms with Crippen LogP contribution >= 0.6 is 31.9 Å². The zero-order valence-electron chi connectivity index (χ0n) is 10.1. The molecule has 4 heteroatoms. The Labute approximate surface area is 119 Å². The highest BCUT2D eigenvalue weighted by Crippen LogP contribution is 2.47. The number of hydrogen-bond acceptors (Lipinski definition) is 2. The highest BCUT2D eigenvalue weighted by Gasteiger charge is 2.25. The Bertz CT molecular complexity index is 418. The molecule has 1 aliphatic rings. The first-order valence-electron chi connectivity index (χ1n) is 5.76. The van der Waals surface area contributed by atoms with E-state index in [-0.39, 0.29) is 0 Å². The van der Waals surface area contributed by atoms with Crippen molar-refractivity contribution in [2.45, 2.75) is 30.5 Å². The van der Waals surface area contributed by atoms with E-state index in [0.29, 0.717) is 4.83 Å². The minimum atomic E-state index is 0.348.